The van der Waals surface area contributed by atoms with Crippen molar-refractivity contribution in [3.63, 3.8) is 0 Å². The van der Waals surface area contributed by atoms with E-state index in [4.69, 9.17) is 14.6 Å². The van der Waals surface area contributed by atoms with Gasteiger partial charge in [0.2, 0.25) is 5.75 Å². The lowest BCUT2D eigenvalue weighted by Gasteiger charge is -2.38. The van der Waals surface area contributed by atoms with E-state index in [-0.39, 0.29) is 18.0 Å². The summed E-state index contributed by atoms with van der Waals surface area (Å²) in [6.07, 6.45) is 9.19. The highest BCUT2D eigenvalue weighted by atomic mass is 16.5. The largest absolute Gasteiger partial charge is 0.502 e. The van der Waals surface area contributed by atoms with Gasteiger partial charge in [-0.1, -0.05) is 54.4 Å². The van der Waals surface area contributed by atoms with Gasteiger partial charge in [0, 0.05) is 6.08 Å². The number of hydrogen-bond donors (Lipinski definition) is 2. The number of rotatable bonds is 8. The van der Waals surface area contributed by atoms with E-state index in [1.54, 1.807) is 12.1 Å². The molecular formula is C29H44O5. The molecule has 0 aliphatic heterocycles. The Balaban J connectivity index is 1.95. The lowest BCUT2D eigenvalue weighted by molar-refractivity contribution is -0.131. The first-order chi connectivity index (χ1) is 16.0. The number of carboxylic acid groups (broad SMARTS) is 1. The standard InChI is InChI=1S/C29H44O5/c1-17(2)22-10-7-19(5)13-24(22)33-26-15-21(9-12-28(30)31)16-27(29(26)32)34-25-14-20(6)8-11-23(25)18(3)4/h9,12,15-20,22-25,32H,7-8,10-11,13-14H2,1-6H3,(H,30,31)/b12-9+. The first kappa shape index (κ1) is 26.4. The van der Waals surface area contributed by atoms with Gasteiger partial charge in [-0.15, -0.1) is 0 Å². The van der Waals surface area contributed by atoms with Gasteiger partial charge in [0.05, 0.1) is 0 Å². The third-order valence-corrected chi connectivity index (χ3v) is 7.96. The summed E-state index contributed by atoms with van der Waals surface area (Å²) in [5, 5.41) is 20.4. The molecule has 0 radical (unpaired) electrons. The van der Waals surface area contributed by atoms with Crippen molar-refractivity contribution in [2.24, 2.45) is 35.5 Å². The topological polar surface area (TPSA) is 76.0 Å². The molecule has 0 amide bonds. The summed E-state index contributed by atoms with van der Waals surface area (Å²) in [7, 11) is 0. The Morgan fingerprint density at radius 3 is 1.71 bits per heavy atom. The van der Waals surface area contributed by atoms with Gasteiger partial charge in [-0.05, 0) is 85.0 Å². The summed E-state index contributed by atoms with van der Waals surface area (Å²) in [6, 6.07) is 3.48. The summed E-state index contributed by atoms with van der Waals surface area (Å²) < 4.78 is 13.0. The van der Waals surface area contributed by atoms with Crippen LogP contribution in [0.5, 0.6) is 17.2 Å². The first-order valence-electron chi connectivity index (χ1n) is 13.2. The van der Waals surface area contributed by atoms with Crippen molar-refractivity contribution in [3.05, 3.63) is 23.8 Å². The number of aromatic hydroxyl groups is 1. The SMILES string of the molecule is CC1CCC(C(C)C)C(Oc2cc(/C=C/C(=O)O)cc(OC3CC(C)CCC3C(C)C)c2O)C1. The molecule has 0 aromatic heterocycles. The number of aliphatic carboxylic acids is 1. The molecule has 2 aliphatic rings. The quantitative estimate of drug-likeness (QED) is 0.392. The van der Waals surface area contributed by atoms with Crippen molar-refractivity contribution in [3.8, 4) is 17.2 Å². The molecule has 2 aliphatic carbocycles. The van der Waals surface area contributed by atoms with Crippen molar-refractivity contribution in [2.75, 3.05) is 0 Å². The molecule has 5 nitrogen and oxygen atoms in total. The van der Waals surface area contributed by atoms with Gasteiger partial charge in [0.15, 0.2) is 11.5 Å². The summed E-state index contributed by atoms with van der Waals surface area (Å²) in [5.41, 5.74) is 0.653. The molecule has 2 saturated carbocycles. The number of phenols is 1. The molecule has 1 aromatic rings. The van der Waals surface area contributed by atoms with Crippen molar-refractivity contribution < 1.29 is 24.5 Å². The van der Waals surface area contributed by atoms with Crippen LogP contribution in [0.15, 0.2) is 18.2 Å². The molecule has 0 heterocycles. The van der Waals surface area contributed by atoms with Crippen molar-refractivity contribution in [1.29, 1.82) is 0 Å². The lowest BCUT2D eigenvalue weighted by Crippen LogP contribution is -2.37. The molecular weight excluding hydrogens is 428 g/mol. The van der Waals surface area contributed by atoms with Crippen LogP contribution in [0, 0.1) is 35.5 Å². The zero-order valence-corrected chi connectivity index (χ0v) is 21.8. The minimum Gasteiger partial charge on any atom is -0.502 e. The van der Waals surface area contributed by atoms with E-state index in [9.17, 15) is 9.90 Å². The van der Waals surface area contributed by atoms with E-state index in [2.05, 4.69) is 41.5 Å². The van der Waals surface area contributed by atoms with Gasteiger partial charge >= 0.3 is 5.97 Å². The molecule has 2 fully saturated rings. The van der Waals surface area contributed by atoms with Crippen LogP contribution in [-0.4, -0.2) is 28.4 Å². The molecule has 0 bridgehead atoms. The Morgan fingerprint density at radius 1 is 0.882 bits per heavy atom. The number of hydrogen-bond acceptors (Lipinski definition) is 4. The first-order valence-corrected chi connectivity index (χ1v) is 13.2. The lowest BCUT2D eigenvalue weighted by atomic mass is 9.75. The van der Waals surface area contributed by atoms with Crippen LogP contribution in [0.2, 0.25) is 0 Å². The predicted octanol–water partition coefficient (Wildman–Crippen LogP) is 7.17. The number of carboxylic acids is 1. The van der Waals surface area contributed by atoms with Crippen LogP contribution in [0.25, 0.3) is 6.08 Å². The second-order valence-corrected chi connectivity index (χ2v) is 11.5. The van der Waals surface area contributed by atoms with E-state index in [1.165, 1.54) is 18.9 Å². The van der Waals surface area contributed by atoms with E-state index < -0.39 is 5.97 Å². The summed E-state index contributed by atoms with van der Waals surface area (Å²) in [4.78, 5) is 11.2. The van der Waals surface area contributed by atoms with E-state index in [0.29, 0.717) is 52.6 Å². The summed E-state index contributed by atoms with van der Waals surface area (Å²) in [5.74, 6) is 2.74. The Labute approximate surface area is 205 Å². The fourth-order valence-electron chi connectivity index (χ4n) is 5.87. The molecule has 190 valence electrons. The molecule has 3 rings (SSSR count). The monoisotopic (exact) mass is 472 g/mol. The molecule has 0 saturated heterocycles. The fourth-order valence-corrected chi connectivity index (χ4v) is 5.87. The van der Waals surface area contributed by atoms with E-state index >= 15 is 0 Å². The van der Waals surface area contributed by atoms with Gasteiger partial charge in [-0.25, -0.2) is 4.79 Å². The second kappa shape index (κ2) is 11.5. The Bertz CT molecular complexity index is 803. The third-order valence-electron chi connectivity index (χ3n) is 7.96. The molecule has 34 heavy (non-hydrogen) atoms. The van der Waals surface area contributed by atoms with E-state index in [0.717, 1.165) is 31.8 Å². The van der Waals surface area contributed by atoms with Crippen LogP contribution in [0.3, 0.4) is 0 Å². The normalized spacial score (nSPS) is 30.1. The molecule has 6 atom stereocenters. The van der Waals surface area contributed by atoms with Gasteiger partial charge < -0.3 is 19.7 Å². The Morgan fingerprint density at radius 2 is 1.32 bits per heavy atom. The molecule has 1 aromatic carbocycles. The van der Waals surface area contributed by atoms with Crippen LogP contribution in [-0.2, 0) is 4.79 Å². The van der Waals surface area contributed by atoms with Gasteiger partial charge in [-0.2, -0.15) is 0 Å². The highest BCUT2D eigenvalue weighted by Crippen LogP contribution is 2.44. The minimum atomic E-state index is -1.01. The maximum absolute atomic E-state index is 11.2. The minimum absolute atomic E-state index is 0.0133. The van der Waals surface area contributed by atoms with Gasteiger partial charge in [-0.3, -0.25) is 0 Å². The molecule has 5 heteroatoms. The summed E-state index contributed by atoms with van der Waals surface area (Å²) in [6.45, 7) is 13.4. The number of benzene rings is 1. The van der Waals surface area contributed by atoms with Crippen molar-refractivity contribution in [2.45, 2.75) is 92.3 Å². The number of carbonyl (C=O) groups is 1. The Kier molecular flexibility index (Phi) is 8.95. The highest BCUT2D eigenvalue weighted by molar-refractivity contribution is 5.85. The number of ether oxygens (including phenoxy) is 2. The average Bonchev–Trinajstić information content (AvgIpc) is 2.75. The van der Waals surface area contributed by atoms with Gasteiger partial charge in [0.1, 0.15) is 12.2 Å². The zero-order valence-electron chi connectivity index (χ0n) is 21.8. The average molecular weight is 473 g/mol. The maximum Gasteiger partial charge on any atom is 0.328 e. The van der Waals surface area contributed by atoms with Gasteiger partial charge in [0.25, 0.3) is 0 Å². The van der Waals surface area contributed by atoms with Crippen LogP contribution in [0.1, 0.15) is 85.6 Å². The van der Waals surface area contributed by atoms with E-state index in [1.807, 2.05) is 0 Å². The number of phenolic OH excluding ortho intramolecular Hbond substituents is 1. The molecule has 0 spiro atoms. The van der Waals surface area contributed by atoms with Crippen LogP contribution in [0.4, 0.5) is 0 Å². The molecule has 2 N–H and O–H groups in total. The maximum atomic E-state index is 11.2. The van der Waals surface area contributed by atoms with Crippen LogP contribution >= 0.6 is 0 Å². The fraction of sp³-hybridized carbons (Fsp3) is 0.690. The third kappa shape index (κ3) is 6.70. The summed E-state index contributed by atoms with van der Waals surface area (Å²) >= 11 is 0. The second-order valence-electron chi connectivity index (χ2n) is 11.5. The van der Waals surface area contributed by atoms with Crippen LogP contribution < -0.4 is 9.47 Å². The zero-order chi connectivity index (χ0) is 25.0. The Hall–Kier alpha value is -2.17. The molecule has 6 unspecified atom stereocenters. The van der Waals surface area contributed by atoms with Crippen molar-refractivity contribution in [1.82, 2.24) is 0 Å². The smallest absolute Gasteiger partial charge is 0.328 e. The van der Waals surface area contributed by atoms with Crippen molar-refractivity contribution >= 4 is 12.0 Å². The highest BCUT2D eigenvalue weighted by Gasteiger charge is 2.35. The predicted molar refractivity (Wildman–Crippen MR) is 136 cm³/mol.